The Morgan fingerprint density at radius 3 is 2.65 bits per heavy atom. The summed E-state index contributed by atoms with van der Waals surface area (Å²) in [6.45, 7) is 4.52. The van der Waals surface area contributed by atoms with E-state index < -0.39 is 11.3 Å². The molecule has 2 aromatic carbocycles. The second-order valence-electron chi connectivity index (χ2n) is 8.67. The van der Waals surface area contributed by atoms with Crippen LogP contribution in [-0.2, 0) is 14.4 Å². The first kappa shape index (κ1) is 26.4. The fourth-order valence-electron chi connectivity index (χ4n) is 4.08. The molecule has 2 aliphatic heterocycles. The molecule has 2 heterocycles. The van der Waals surface area contributed by atoms with Gasteiger partial charge in [0.25, 0.3) is 5.91 Å². The summed E-state index contributed by atoms with van der Waals surface area (Å²) < 4.78 is 5.35. The predicted molar refractivity (Wildman–Crippen MR) is 147 cm³/mol. The molecule has 0 aliphatic carbocycles. The van der Waals surface area contributed by atoms with Crippen molar-refractivity contribution in [3.05, 3.63) is 54.1 Å². The average Bonchev–Trinajstić information content (AvgIpc) is 3.23. The van der Waals surface area contributed by atoms with E-state index in [2.05, 4.69) is 15.6 Å². The molecule has 194 valence electrons. The molecule has 10 heteroatoms. The quantitative estimate of drug-likeness (QED) is 0.457. The average molecular weight is 522 g/mol. The first-order valence-electron chi connectivity index (χ1n) is 12.4. The Morgan fingerprint density at radius 1 is 1.14 bits per heavy atom. The van der Waals surface area contributed by atoms with Crippen molar-refractivity contribution in [2.24, 2.45) is 9.98 Å². The van der Waals surface area contributed by atoms with Crippen LogP contribution in [0.15, 0.2) is 58.5 Å². The van der Waals surface area contributed by atoms with Crippen molar-refractivity contribution >= 4 is 51.9 Å². The van der Waals surface area contributed by atoms with Gasteiger partial charge in [0.15, 0.2) is 5.17 Å². The van der Waals surface area contributed by atoms with E-state index in [0.29, 0.717) is 41.1 Å². The Morgan fingerprint density at radius 2 is 1.89 bits per heavy atom. The van der Waals surface area contributed by atoms with Gasteiger partial charge in [0.1, 0.15) is 17.6 Å². The molecule has 2 N–H and O–H groups in total. The molecule has 0 saturated carbocycles. The van der Waals surface area contributed by atoms with Crippen LogP contribution in [0.5, 0.6) is 5.75 Å². The van der Waals surface area contributed by atoms with Gasteiger partial charge in [-0.1, -0.05) is 56.3 Å². The van der Waals surface area contributed by atoms with Crippen molar-refractivity contribution in [1.82, 2.24) is 10.2 Å². The maximum atomic E-state index is 13.5. The summed E-state index contributed by atoms with van der Waals surface area (Å²) in [7, 11) is 1.55. The number of methoxy groups -OCH3 is 1. The molecule has 2 atom stereocenters. The number of rotatable bonds is 10. The summed E-state index contributed by atoms with van der Waals surface area (Å²) in [4.78, 5) is 49.9. The highest BCUT2D eigenvalue weighted by Crippen LogP contribution is 2.36. The molecule has 0 aromatic heterocycles. The zero-order valence-electron chi connectivity index (χ0n) is 21.2. The molecule has 3 amide bonds. The molecule has 9 nitrogen and oxygen atoms in total. The van der Waals surface area contributed by atoms with Crippen molar-refractivity contribution in [2.75, 3.05) is 19.0 Å². The SMILES string of the molecule is CCCCNC(=O)C[C@H]1N=C2c3ccccc3N=C(S[C@@H](CC)C(=O)Nc3ccccc3OC)N2C1=O. The summed E-state index contributed by atoms with van der Waals surface area (Å²) in [5, 5.41) is 5.62. The number of aliphatic imine (C=N–C) groups is 2. The van der Waals surface area contributed by atoms with Crippen molar-refractivity contribution < 1.29 is 19.1 Å². The monoisotopic (exact) mass is 521 g/mol. The van der Waals surface area contributed by atoms with Crippen molar-refractivity contribution in [1.29, 1.82) is 0 Å². The minimum atomic E-state index is -0.837. The van der Waals surface area contributed by atoms with Crippen molar-refractivity contribution in [3.63, 3.8) is 0 Å². The van der Waals surface area contributed by atoms with Crippen LogP contribution in [0, 0.1) is 0 Å². The minimum absolute atomic E-state index is 0.0336. The number of hydrogen-bond acceptors (Lipinski definition) is 7. The number of amides is 3. The number of ether oxygens (including phenoxy) is 1. The number of nitrogens with one attached hydrogen (secondary N) is 2. The molecule has 37 heavy (non-hydrogen) atoms. The number of carbonyl (C=O) groups is 3. The highest BCUT2D eigenvalue weighted by molar-refractivity contribution is 8.15. The third kappa shape index (κ3) is 5.85. The van der Waals surface area contributed by atoms with Gasteiger partial charge >= 0.3 is 0 Å². The third-order valence-electron chi connectivity index (χ3n) is 6.05. The summed E-state index contributed by atoms with van der Waals surface area (Å²) in [6, 6.07) is 13.8. The van der Waals surface area contributed by atoms with E-state index >= 15 is 0 Å². The summed E-state index contributed by atoms with van der Waals surface area (Å²) >= 11 is 1.21. The lowest BCUT2D eigenvalue weighted by molar-refractivity contribution is -0.128. The Bertz CT molecular complexity index is 1240. The maximum absolute atomic E-state index is 13.5. The van der Waals surface area contributed by atoms with Crippen molar-refractivity contribution in [2.45, 2.75) is 50.8 Å². The van der Waals surface area contributed by atoms with E-state index in [-0.39, 0.29) is 24.1 Å². The lowest BCUT2D eigenvalue weighted by Gasteiger charge is -2.27. The minimum Gasteiger partial charge on any atom is -0.495 e. The second-order valence-corrected chi connectivity index (χ2v) is 9.84. The van der Waals surface area contributed by atoms with Gasteiger partial charge in [-0.05, 0) is 37.1 Å². The third-order valence-corrected chi connectivity index (χ3v) is 7.37. The molecule has 2 aromatic rings. The number of nitrogens with zero attached hydrogens (tertiary/aromatic N) is 3. The van der Waals surface area contributed by atoms with Crippen LogP contribution in [-0.4, -0.2) is 58.6 Å². The van der Waals surface area contributed by atoms with Gasteiger partial charge in [-0.3, -0.25) is 19.4 Å². The smallest absolute Gasteiger partial charge is 0.259 e. The number of anilines is 1. The van der Waals surface area contributed by atoms with Crippen LogP contribution in [0.4, 0.5) is 11.4 Å². The Labute approximate surface area is 220 Å². The van der Waals surface area contributed by atoms with Crippen LogP contribution in [0.25, 0.3) is 0 Å². The molecule has 0 unspecified atom stereocenters. The summed E-state index contributed by atoms with van der Waals surface area (Å²) in [5.41, 5.74) is 1.96. The number of hydrogen-bond donors (Lipinski definition) is 2. The first-order valence-corrected chi connectivity index (χ1v) is 13.3. The van der Waals surface area contributed by atoms with E-state index in [1.165, 1.54) is 16.7 Å². The molecule has 0 saturated heterocycles. The van der Waals surface area contributed by atoms with Gasteiger partial charge in [0.05, 0.1) is 30.2 Å². The molecule has 0 fully saturated rings. The van der Waals surface area contributed by atoms with E-state index in [1.54, 1.807) is 19.2 Å². The number of unbranched alkanes of at least 4 members (excludes halogenated alkanes) is 1. The zero-order valence-corrected chi connectivity index (χ0v) is 22.0. The standard InChI is InChI=1S/C27H31N5O4S/c1-4-6-15-28-23(33)16-20-26(35)32-24(29-20)17-11-7-8-12-18(17)31-27(32)37-22(5-2)25(34)30-19-13-9-10-14-21(19)36-3/h7-14,20,22H,4-6,15-16H2,1-3H3,(H,28,33)(H,30,34)/t20-,22+/m1/s1. The number of fused-ring (bicyclic) bond motifs is 3. The highest BCUT2D eigenvalue weighted by Gasteiger charge is 2.43. The fraction of sp³-hybridized carbons (Fsp3) is 0.370. The number of amidine groups is 2. The lowest BCUT2D eigenvalue weighted by Crippen LogP contribution is -2.43. The molecular formula is C27H31N5O4S. The van der Waals surface area contributed by atoms with Crippen LogP contribution in [0.3, 0.4) is 0 Å². The Kier molecular flexibility index (Phi) is 8.60. The first-order chi connectivity index (χ1) is 18.0. The lowest BCUT2D eigenvalue weighted by atomic mass is 10.1. The molecule has 0 bridgehead atoms. The van der Waals surface area contributed by atoms with Crippen LogP contribution in [0.2, 0.25) is 0 Å². The van der Waals surface area contributed by atoms with Gasteiger partial charge in [0.2, 0.25) is 11.8 Å². The van der Waals surface area contributed by atoms with Crippen molar-refractivity contribution in [3.8, 4) is 5.75 Å². The highest BCUT2D eigenvalue weighted by atomic mass is 32.2. The number of para-hydroxylation sites is 3. The summed E-state index contributed by atoms with van der Waals surface area (Å²) in [5.74, 6) is 0.267. The van der Waals surface area contributed by atoms with Gasteiger partial charge in [0, 0.05) is 12.1 Å². The topological polar surface area (TPSA) is 112 Å². The number of carbonyl (C=O) groups excluding carboxylic acids is 3. The zero-order chi connectivity index (χ0) is 26.4. The van der Waals surface area contributed by atoms with Gasteiger partial charge < -0.3 is 15.4 Å². The Balaban J connectivity index is 1.56. The van der Waals surface area contributed by atoms with Crippen LogP contribution in [0.1, 0.15) is 45.1 Å². The maximum Gasteiger partial charge on any atom is 0.259 e. The van der Waals surface area contributed by atoms with E-state index in [1.807, 2.05) is 50.2 Å². The number of thioether (sulfide) groups is 1. The predicted octanol–water partition coefficient (Wildman–Crippen LogP) is 4.11. The molecule has 0 spiro atoms. The van der Waals surface area contributed by atoms with E-state index in [9.17, 15) is 14.4 Å². The fourth-order valence-corrected chi connectivity index (χ4v) is 5.10. The summed E-state index contributed by atoms with van der Waals surface area (Å²) in [6.07, 6.45) is 2.31. The van der Waals surface area contributed by atoms with Gasteiger partial charge in [-0.2, -0.15) is 0 Å². The number of benzene rings is 2. The van der Waals surface area contributed by atoms with Crippen LogP contribution < -0.4 is 15.4 Å². The molecule has 2 aliphatic rings. The molecule has 0 radical (unpaired) electrons. The second kappa shape index (κ2) is 12.1. The van der Waals surface area contributed by atoms with E-state index in [4.69, 9.17) is 9.73 Å². The van der Waals surface area contributed by atoms with Gasteiger partial charge in [-0.15, -0.1) is 0 Å². The van der Waals surface area contributed by atoms with E-state index in [0.717, 1.165) is 18.4 Å². The molecular weight excluding hydrogens is 490 g/mol. The normalized spacial score (nSPS) is 16.8. The van der Waals surface area contributed by atoms with Crippen LogP contribution >= 0.6 is 11.8 Å². The Hall–Kier alpha value is -3.66. The largest absolute Gasteiger partial charge is 0.495 e. The molecule has 4 rings (SSSR count). The van der Waals surface area contributed by atoms with Gasteiger partial charge in [-0.25, -0.2) is 9.89 Å².